The van der Waals surface area contributed by atoms with Gasteiger partial charge in [-0.25, -0.2) is 13.2 Å². The molecule has 0 atom stereocenters. The van der Waals surface area contributed by atoms with Gasteiger partial charge in [-0.2, -0.15) is 10.1 Å². The van der Waals surface area contributed by atoms with Gasteiger partial charge in [0.05, 0.1) is 25.5 Å². The van der Waals surface area contributed by atoms with E-state index in [2.05, 4.69) is 25.8 Å². The highest BCUT2D eigenvalue weighted by atomic mass is 19.2. The van der Waals surface area contributed by atoms with Gasteiger partial charge in [0.2, 0.25) is 5.95 Å². The largest absolute Gasteiger partial charge is 0.497 e. The summed E-state index contributed by atoms with van der Waals surface area (Å²) in [5, 5.41) is 12.8. The van der Waals surface area contributed by atoms with E-state index in [0.29, 0.717) is 24.7 Å². The predicted molar refractivity (Wildman–Crippen MR) is 96.4 cm³/mol. The monoisotopic (exact) mass is 391 g/mol. The van der Waals surface area contributed by atoms with Crippen molar-refractivity contribution in [1.29, 1.82) is 0 Å². The predicted octanol–water partition coefficient (Wildman–Crippen LogP) is 3.53. The SMILES string of the molecule is COc1ccc(OCCNc2cnnc(Nc3ccc(F)c(F)c3F)n2)cc1. The third kappa shape index (κ3) is 4.78. The van der Waals surface area contributed by atoms with Gasteiger partial charge in [0.1, 0.15) is 18.1 Å². The molecule has 0 fully saturated rings. The normalized spacial score (nSPS) is 10.4. The van der Waals surface area contributed by atoms with E-state index in [0.717, 1.165) is 17.9 Å². The van der Waals surface area contributed by atoms with Gasteiger partial charge in [0, 0.05) is 0 Å². The lowest BCUT2D eigenvalue weighted by Crippen LogP contribution is -2.13. The molecule has 7 nitrogen and oxygen atoms in total. The smallest absolute Gasteiger partial charge is 0.249 e. The Morgan fingerprint density at radius 1 is 0.964 bits per heavy atom. The first kappa shape index (κ1) is 19.2. The minimum atomic E-state index is -1.58. The summed E-state index contributed by atoms with van der Waals surface area (Å²) in [6.07, 6.45) is 1.36. The number of halogens is 3. The van der Waals surface area contributed by atoms with Crippen molar-refractivity contribution < 1.29 is 22.6 Å². The molecule has 28 heavy (non-hydrogen) atoms. The van der Waals surface area contributed by atoms with E-state index in [1.807, 2.05) is 0 Å². The third-order valence-corrected chi connectivity index (χ3v) is 3.58. The number of rotatable bonds is 8. The molecule has 0 amide bonds. The van der Waals surface area contributed by atoms with Gasteiger partial charge >= 0.3 is 0 Å². The summed E-state index contributed by atoms with van der Waals surface area (Å²) in [4.78, 5) is 4.08. The summed E-state index contributed by atoms with van der Waals surface area (Å²) in [5.74, 6) is -2.55. The molecule has 1 aromatic heterocycles. The maximum Gasteiger partial charge on any atom is 0.249 e. The average Bonchev–Trinajstić information content (AvgIpc) is 2.72. The van der Waals surface area contributed by atoms with Crippen molar-refractivity contribution in [3.8, 4) is 11.5 Å². The Hall–Kier alpha value is -3.56. The minimum absolute atomic E-state index is 0.0778. The second-order valence-corrected chi connectivity index (χ2v) is 5.46. The van der Waals surface area contributed by atoms with Gasteiger partial charge in [-0.05, 0) is 36.4 Å². The molecule has 3 rings (SSSR count). The Morgan fingerprint density at radius 3 is 2.46 bits per heavy atom. The van der Waals surface area contributed by atoms with Crippen molar-refractivity contribution in [2.75, 3.05) is 30.9 Å². The summed E-state index contributed by atoms with van der Waals surface area (Å²) in [6, 6.07) is 8.97. The number of nitrogens with one attached hydrogen (secondary N) is 2. The molecule has 0 saturated heterocycles. The molecule has 2 aromatic carbocycles. The summed E-state index contributed by atoms with van der Waals surface area (Å²) >= 11 is 0. The van der Waals surface area contributed by atoms with Gasteiger partial charge < -0.3 is 20.1 Å². The van der Waals surface area contributed by atoms with Crippen LogP contribution in [0.4, 0.5) is 30.6 Å². The van der Waals surface area contributed by atoms with Crippen molar-refractivity contribution in [3.63, 3.8) is 0 Å². The first-order valence-electron chi connectivity index (χ1n) is 8.18. The van der Waals surface area contributed by atoms with E-state index in [1.165, 1.54) is 6.20 Å². The number of hydrogen-bond acceptors (Lipinski definition) is 7. The van der Waals surface area contributed by atoms with Crippen LogP contribution in [-0.2, 0) is 0 Å². The summed E-state index contributed by atoms with van der Waals surface area (Å²) in [5.41, 5.74) is -0.305. The summed E-state index contributed by atoms with van der Waals surface area (Å²) < 4.78 is 50.6. The van der Waals surface area contributed by atoms with Gasteiger partial charge in [0.15, 0.2) is 23.3 Å². The zero-order chi connectivity index (χ0) is 19.9. The molecule has 10 heteroatoms. The van der Waals surface area contributed by atoms with Crippen molar-refractivity contribution in [3.05, 3.63) is 60.0 Å². The van der Waals surface area contributed by atoms with Crippen LogP contribution in [0, 0.1) is 17.5 Å². The van der Waals surface area contributed by atoms with E-state index in [-0.39, 0.29) is 11.6 Å². The van der Waals surface area contributed by atoms with E-state index in [4.69, 9.17) is 9.47 Å². The fraction of sp³-hybridized carbons (Fsp3) is 0.167. The first-order chi connectivity index (χ1) is 13.6. The fourth-order valence-electron chi connectivity index (χ4n) is 2.20. The highest BCUT2D eigenvalue weighted by Gasteiger charge is 2.14. The molecular weight excluding hydrogens is 375 g/mol. The topological polar surface area (TPSA) is 81.2 Å². The third-order valence-electron chi connectivity index (χ3n) is 3.58. The molecule has 0 spiro atoms. The highest BCUT2D eigenvalue weighted by molar-refractivity contribution is 5.55. The van der Waals surface area contributed by atoms with E-state index in [9.17, 15) is 13.2 Å². The fourth-order valence-corrected chi connectivity index (χ4v) is 2.20. The van der Waals surface area contributed by atoms with E-state index >= 15 is 0 Å². The quantitative estimate of drug-likeness (QED) is 0.449. The average molecular weight is 391 g/mol. The molecule has 0 saturated carbocycles. The molecule has 0 aliphatic heterocycles. The lowest BCUT2D eigenvalue weighted by atomic mass is 10.3. The molecule has 146 valence electrons. The van der Waals surface area contributed by atoms with Crippen LogP contribution in [0.15, 0.2) is 42.6 Å². The molecule has 0 radical (unpaired) electrons. The lowest BCUT2D eigenvalue weighted by molar-refractivity contribution is 0.331. The second kappa shape index (κ2) is 8.89. The first-order valence-corrected chi connectivity index (χ1v) is 8.18. The number of benzene rings is 2. The molecule has 0 aliphatic rings. The van der Waals surface area contributed by atoms with Crippen molar-refractivity contribution >= 4 is 17.5 Å². The van der Waals surface area contributed by atoms with Crippen LogP contribution >= 0.6 is 0 Å². The number of methoxy groups -OCH3 is 1. The van der Waals surface area contributed by atoms with Crippen LogP contribution < -0.4 is 20.1 Å². The zero-order valence-electron chi connectivity index (χ0n) is 14.7. The Balaban J connectivity index is 1.54. The Kier molecular flexibility index (Phi) is 6.10. The van der Waals surface area contributed by atoms with Crippen LogP contribution in [0.25, 0.3) is 0 Å². The van der Waals surface area contributed by atoms with Crippen molar-refractivity contribution in [2.24, 2.45) is 0 Å². The summed E-state index contributed by atoms with van der Waals surface area (Å²) in [6.45, 7) is 0.751. The van der Waals surface area contributed by atoms with Crippen molar-refractivity contribution in [1.82, 2.24) is 15.2 Å². The Labute approximate surface area is 158 Å². The van der Waals surface area contributed by atoms with Gasteiger partial charge in [-0.1, -0.05) is 0 Å². The molecule has 3 aromatic rings. The highest BCUT2D eigenvalue weighted by Crippen LogP contribution is 2.22. The zero-order valence-corrected chi connectivity index (χ0v) is 14.7. The molecule has 0 unspecified atom stereocenters. The van der Waals surface area contributed by atoms with Crippen LogP contribution in [0.2, 0.25) is 0 Å². The maximum atomic E-state index is 13.7. The standard InChI is InChI=1S/C18H16F3N5O2/c1-27-11-2-4-12(5-3-11)28-9-8-22-15-10-23-26-18(25-15)24-14-7-6-13(19)16(20)17(14)21/h2-7,10H,8-9H2,1H3,(H2,22,24,25,26). The number of anilines is 3. The molecule has 0 aliphatic carbocycles. The van der Waals surface area contributed by atoms with Gasteiger partial charge in [-0.3, -0.25) is 0 Å². The Morgan fingerprint density at radius 2 is 1.71 bits per heavy atom. The molecule has 2 N–H and O–H groups in total. The van der Waals surface area contributed by atoms with E-state index < -0.39 is 17.5 Å². The van der Waals surface area contributed by atoms with Crippen LogP contribution in [0.5, 0.6) is 11.5 Å². The van der Waals surface area contributed by atoms with Crippen molar-refractivity contribution in [2.45, 2.75) is 0 Å². The van der Waals surface area contributed by atoms with Crippen LogP contribution in [-0.4, -0.2) is 35.4 Å². The minimum Gasteiger partial charge on any atom is -0.497 e. The molecule has 0 bridgehead atoms. The number of nitrogens with zero attached hydrogens (tertiary/aromatic N) is 3. The second-order valence-electron chi connectivity index (χ2n) is 5.46. The van der Waals surface area contributed by atoms with Crippen LogP contribution in [0.1, 0.15) is 0 Å². The molecular formula is C18H16F3N5O2. The summed E-state index contributed by atoms with van der Waals surface area (Å²) in [7, 11) is 1.58. The Bertz CT molecular complexity index is 941. The van der Waals surface area contributed by atoms with Gasteiger partial charge in [-0.15, -0.1) is 5.10 Å². The number of ether oxygens (including phenoxy) is 2. The van der Waals surface area contributed by atoms with Gasteiger partial charge in [0.25, 0.3) is 0 Å². The van der Waals surface area contributed by atoms with E-state index in [1.54, 1.807) is 31.4 Å². The number of hydrogen-bond donors (Lipinski definition) is 2. The maximum absolute atomic E-state index is 13.7. The molecule has 1 heterocycles. The van der Waals surface area contributed by atoms with Crippen LogP contribution in [0.3, 0.4) is 0 Å². The number of aromatic nitrogens is 3. The lowest BCUT2D eigenvalue weighted by Gasteiger charge is -2.10.